The van der Waals surface area contributed by atoms with Crippen LogP contribution in [0.25, 0.3) is 0 Å². The molecule has 0 radical (unpaired) electrons. The van der Waals surface area contributed by atoms with E-state index in [0.717, 1.165) is 12.8 Å². The first-order valence-corrected chi connectivity index (χ1v) is 5.07. The molecule has 0 aromatic rings. The van der Waals surface area contributed by atoms with Crippen LogP contribution in [-0.2, 0) is 9.53 Å². The van der Waals surface area contributed by atoms with Gasteiger partial charge in [-0.15, -0.1) is 0 Å². The Morgan fingerprint density at radius 3 is 2.71 bits per heavy atom. The lowest BCUT2D eigenvalue weighted by atomic mass is 9.91. The normalized spacial score (nSPS) is 34.1. The number of piperidine rings is 1. The molecule has 1 rings (SSSR count). The van der Waals surface area contributed by atoms with E-state index in [1.807, 2.05) is 15.0 Å². The molecule has 1 saturated heterocycles. The standard InChI is InChI=1S/C9H19BN2O2/c1-6-4-7(11-10)5-8(12(6)2)9(13)14-3/h6-8,11H,4-5,10H2,1-3H3/t6?,7?,8-/m0/s1. The van der Waals surface area contributed by atoms with Crippen molar-refractivity contribution in [2.75, 3.05) is 14.2 Å². The predicted octanol–water partition coefficient (Wildman–Crippen LogP) is -0.852. The van der Waals surface area contributed by atoms with E-state index < -0.39 is 0 Å². The van der Waals surface area contributed by atoms with E-state index >= 15 is 0 Å². The molecule has 0 amide bonds. The van der Waals surface area contributed by atoms with Crippen molar-refractivity contribution in [3.8, 4) is 0 Å². The van der Waals surface area contributed by atoms with Gasteiger partial charge in [-0.1, -0.05) is 0 Å². The van der Waals surface area contributed by atoms with Crippen LogP contribution in [0, 0.1) is 0 Å². The number of likely N-dealkylation sites (tertiary alicyclic amines) is 1. The van der Waals surface area contributed by atoms with Gasteiger partial charge in [0.15, 0.2) is 7.98 Å². The van der Waals surface area contributed by atoms with Gasteiger partial charge in [-0.2, -0.15) is 0 Å². The molecule has 2 unspecified atom stereocenters. The predicted molar refractivity (Wildman–Crippen MR) is 57.7 cm³/mol. The molecule has 0 bridgehead atoms. The summed E-state index contributed by atoms with van der Waals surface area (Å²) in [6.45, 7) is 2.14. The molecular weight excluding hydrogens is 179 g/mol. The molecule has 5 heteroatoms. The van der Waals surface area contributed by atoms with Crippen molar-refractivity contribution in [1.29, 1.82) is 0 Å². The number of rotatable bonds is 2. The van der Waals surface area contributed by atoms with Gasteiger partial charge in [0.2, 0.25) is 0 Å². The number of nitrogens with one attached hydrogen (secondary N) is 1. The zero-order valence-electron chi connectivity index (χ0n) is 9.41. The van der Waals surface area contributed by atoms with Gasteiger partial charge in [0.1, 0.15) is 6.04 Å². The maximum absolute atomic E-state index is 11.5. The summed E-state index contributed by atoms with van der Waals surface area (Å²) in [6.07, 6.45) is 1.92. The van der Waals surface area contributed by atoms with Gasteiger partial charge < -0.3 is 9.96 Å². The highest BCUT2D eigenvalue weighted by atomic mass is 16.5. The molecule has 1 N–H and O–H groups in total. The lowest BCUT2D eigenvalue weighted by molar-refractivity contribution is -0.149. The molecule has 1 aliphatic rings. The Balaban J connectivity index is 2.67. The van der Waals surface area contributed by atoms with E-state index in [4.69, 9.17) is 4.74 Å². The first-order chi connectivity index (χ1) is 6.60. The quantitative estimate of drug-likeness (QED) is 0.463. The van der Waals surface area contributed by atoms with Crippen LogP contribution < -0.4 is 5.23 Å². The van der Waals surface area contributed by atoms with Crippen molar-refractivity contribution in [3.05, 3.63) is 0 Å². The molecule has 0 aliphatic carbocycles. The van der Waals surface area contributed by atoms with Crippen molar-refractivity contribution >= 4 is 14.0 Å². The minimum absolute atomic E-state index is 0.0961. The number of likely N-dealkylation sites (N-methyl/N-ethyl adjacent to an activating group) is 1. The van der Waals surface area contributed by atoms with E-state index in [0.29, 0.717) is 12.1 Å². The van der Waals surface area contributed by atoms with Crippen molar-refractivity contribution < 1.29 is 9.53 Å². The van der Waals surface area contributed by atoms with Gasteiger partial charge in [0.05, 0.1) is 7.11 Å². The fourth-order valence-corrected chi connectivity index (χ4v) is 2.05. The number of methoxy groups -OCH3 is 1. The number of carbonyl (C=O) groups excluding carboxylic acids is 1. The highest BCUT2D eigenvalue weighted by molar-refractivity contribution is 6.04. The monoisotopic (exact) mass is 198 g/mol. The van der Waals surface area contributed by atoms with Crippen molar-refractivity contribution in [1.82, 2.24) is 10.1 Å². The van der Waals surface area contributed by atoms with Gasteiger partial charge in [-0.25, -0.2) is 0 Å². The zero-order chi connectivity index (χ0) is 10.7. The van der Waals surface area contributed by atoms with Crippen LogP contribution in [0.5, 0.6) is 0 Å². The van der Waals surface area contributed by atoms with Crippen LogP contribution >= 0.6 is 0 Å². The molecule has 80 valence electrons. The number of nitrogens with zero attached hydrogens (tertiary/aromatic N) is 1. The summed E-state index contributed by atoms with van der Waals surface area (Å²) in [4.78, 5) is 13.6. The van der Waals surface area contributed by atoms with E-state index in [9.17, 15) is 4.79 Å². The number of hydrogen-bond donors (Lipinski definition) is 1. The fourth-order valence-electron chi connectivity index (χ4n) is 2.05. The molecular formula is C9H19BN2O2. The van der Waals surface area contributed by atoms with Crippen LogP contribution in [0.1, 0.15) is 19.8 Å². The van der Waals surface area contributed by atoms with E-state index in [2.05, 4.69) is 17.1 Å². The maximum Gasteiger partial charge on any atom is 0.323 e. The average Bonchev–Trinajstić information content (AvgIpc) is 2.20. The fraction of sp³-hybridized carbons (Fsp3) is 0.889. The van der Waals surface area contributed by atoms with Crippen LogP contribution in [0.4, 0.5) is 0 Å². The molecule has 0 aromatic heterocycles. The van der Waals surface area contributed by atoms with Gasteiger partial charge >= 0.3 is 5.97 Å². The van der Waals surface area contributed by atoms with Crippen LogP contribution in [0.3, 0.4) is 0 Å². The summed E-state index contributed by atoms with van der Waals surface area (Å²) in [5.41, 5.74) is 0. The first kappa shape index (κ1) is 11.5. The second kappa shape index (κ2) is 4.80. The Bertz CT molecular complexity index is 213. The third kappa shape index (κ3) is 2.28. The largest absolute Gasteiger partial charge is 0.468 e. The summed E-state index contributed by atoms with van der Waals surface area (Å²) >= 11 is 0. The summed E-state index contributed by atoms with van der Waals surface area (Å²) in [6, 6.07) is 0.747. The molecule has 0 saturated carbocycles. The summed E-state index contributed by atoms with van der Waals surface area (Å²) in [7, 11) is 5.37. The smallest absolute Gasteiger partial charge is 0.323 e. The molecule has 3 atom stereocenters. The minimum Gasteiger partial charge on any atom is -0.468 e. The van der Waals surface area contributed by atoms with Gasteiger partial charge in [0, 0.05) is 6.04 Å². The third-order valence-electron chi connectivity index (χ3n) is 3.20. The molecule has 1 heterocycles. The Labute approximate surface area is 86.4 Å². The van der Waals surface area contributed by atoms with Crippen molar-refractivity contribution in [3.63, 3.8) is 0 Å². The van der Waals surface area contributed by atoms with E-state index in [1.165, 1.54) is 7.11 Å². The molecule has 1 fully saturated rings. The van der Waals surface area contributed by atoms with Crippen LogP contribution in [0.2, 0.25) is 0 Å². The summed E-state index contributed by atoms with van der Waals surface area (Å²) in [5, 5.41) is 3.23. The molecule has 14 heavy (non-hydrogen) atoms. The van der Waals surface area contributed by atoms with Gasteiger partial charge in [0.25, 0.3) is 0 Å². The second-order valence-corrected chi connectivity index (χ2v) is 4.01. The Morgan fingerprint density at radius 2 is 2.21 bits per heavy atom. The summed E-state index contributed by atoms with van der Waals surface area (Å²) in [5.74, 6) is -0.126. The Hall–Kier alpha value is -0.545. The number of ether oxygens (including phenoxy) is 1. The SMILES string of the molecule is BNC1CC(C)N(C)[C@H](C(=O)OC)C1. The van der Waals surface area contributed by atoms with E-state index in [1.54, 1.807) is 0 Å². The summed E-state index contributed by atoms with van der Waals surface area (Å²) < 4.78 is 4.79. The van der Waals surface area contributed by atoms with Gasteiger partial charge in [-0.3, -0.25) is 9.69 Å². The molecule has 0 aromatic carbocycles. The Kier molecular flexibility index (Phi) is 3.95. The first-order valence-electron chi connectivity index (χ1n) is 5.07. The van der Waals surface area contributed by atoms with Crippen LogP contribution in [0.15, 0.2) is 0 Å². The average molecular weight is 198 g/mol. The second-order valence-electron chi connectivity index (χ2n) is 4.01. The molecule has 0 spiro atoms. The third-order valence-corrected chi connectivity index (χ3v) is 3.20. The molecule has 1 aliphatic heterocycles. The topological polar surface area (TPSA) is 41.6 Å². The van der Waals surface area contributed by atoms with E-state index in [-0.39, 0.29) is 12.0 Å². The van der Waals surface area contributed by atoms with Crippen molar-refractivity contribution in [2.45, 2.75) is 37.9 Å². The lowest BCUT2D eigenvalue weighted by Crippen LogP contribution is -2.54. The molecule has 4 nitrogen and oxygen atoms in total. The highest BCUT2D eigenvalue weighted by Gasteiger charge is 2.34. The van der Waals surface area contributed by atoms with Crippen LogP contribution in [-0.4, -0.2) is 51.1 Å². The zero-order valence-corrected chi connectivity index (χ0v) is 9.41. The maximum atomic E-state index is 11.5. The number of carbonyl (C=O) groups is 1. The lowest BCUT2D eigenvalue weighted by Gasteiger charge is -2.40. The number of hydrogen-bond acceptors (Lipinski definition) is 4. The Morgan fingerprint density at radius 1 is 1.57 bits per heavy atom. The van der Waals surface area contributed by atoms with Crippen molar-refractivity contribution in [2.24, 2.45) is 0 Å². The van der Waals surface area contributed by atoms with Gasteiger partial charge in [-0.05, 0) is 32.9 Å². The highest BCUT2D eigenvalue weighted by Crippen LogP contribution is 2.21. The minimum atomic E-state index is -0.126. The number of esters is 1.